The van der Waals surface area contributed by atoms with Crippen LogP contribution in [0.5, 0.6) is 0 Å². The van der Waals surface area contributed by atoms with Crippen molar-refractivity contribution in [3.8, 4) is 11.1 Å². The van der Waals surface area contributed by atoms with E-state index in [4.69, 9.17) is 4.74 Å². The van der Waals surface area contributed by atoms with Crippen LogP contribution in [0.3, 0.4) is 0 Å². The molecule has 7 nitrogen and oxygen atoms in total. The first-order chi connectivity index (χ1) is 16.9. The van der Waals surface area contributed by atoms with E-state index in [0.717, 1.165) is 14.7 Å². The van der Waals surface area contributed by atoms with Crippen LogP contribution in [0.4, 0.5) is 10.5 Å². The molecule has 35 heavy (non-hydrogen) atoms. The van der Waals surface area contributed by atoms with Gasteiger partial charge in [0.15, 0.2) is 0 Å². The highest BCUT2D eigenvalue weighted by Gasteiger charge is 2.43. The van der Waals surface area contributed by atoms with Gasteiger partial charge in [-0.25, -0.2) is 9.59 Å². The fraction of sp³-hybridized carbons (Fsp3) is 0.222. The third kappa shape index (κ3) is 5.02. The van der Waals surface area contributed by atoms with Gasteiger partial charge in [-0.3, -0.25) is 4.79 Å². The standard InChI is InChI=1S/C27H23IN2O5/c28-17-9-15(26(32)33)10-18(12-17)30-25(31)23-11-16(23)13-29-27(34)35-14-24-21-7-3-1-5-19(21)20-6-2-4-8-22(20)24/h1-10,12,16,23-24H,11,13-14H2,(H,29,34)(H,30,31)(H,32,33). The maximum atomic E-state index is 12.6. The molecule has 0 radical (unpaired) electrons. The lowest BCUT2D eigenvalue weighted by molar-refractivity contribution is -0.117. The summed E-state index contributed by atoms with van der Waals surface area (Å²) in [6, 6.07) is 21.0. The fourth-order valence-corrected chi connectivity index (χ4v) is 5.35. The molecule has 2 amide bonds. The maximum Gasteiger partial charge on any atom is 0.407 e. The van der Waals surface area contributed by atoms with Crippen LogP contribution in [0, 0.1) is 15.4 Å². The average molecular weight is 582 g/mol. The largest absolute Gasteiger partial charge is 0.478 e. The van der Waals surface area contributed by atoms with Crippen molar-refractivity contribution in [1.29, 1.82) is 0 Å². The lowest BCUT2D eigenvalue weighted by Crippen LogP contribution is -2.29. The van der Waals surface area contributed by atoms with Gasteiger partial charge in [-0.05, 0) is 75.4 Å². The van der Waals surface area contributed by atoms with Crippen molar-refractivity contribution in [2.45, 2.75) is 12.3 Å². The Morgan fingerprint density at radius 2 is 1.63 bits per heavy atom. The smallest absolute Gasteiger partial charge is 0.407 e. The molecule has 0 saturated heterocycles. The first kappa shape index (κ1) is 23.3. The number of rotatable bonds is 7. The third-order valence-corrected chi connectivity index (χ3v) is 7.15. The van der Waals surface area contributed by atoms with Gasteiger partial charge in [-0.2, -0.15) is 0 Å². The second kappa shape index (κ2) is 9.69. The van der Waals surface area contributed by atoms with E-state index in [1.807, 2.05) is 46.9 Å². The number of hydrogen-bond acceptors (Lipinski definition) is 4. The highest BCUT2D eigenvalue weighted by molar-refractivity contribution is 14.1. The van der Waals surface area contributed by atoms with E-state index in [2.05, 4.69) is 34.9 Å². The van der Waals surface area contributed by atoms with Crippen LogP contribution < -0.4 is 10.6 Å². The number of benzene rings is 3. The Morgan fingerprint density at radius 1 is 0.971 bits per heavy atom. The third-order valence-electron chi connectivity index (χ3n) is 6.52. The maximum absolute atomic E-state index is 12.6. The molecule has 1 saturated carbocycles. The summed E-state index contributed by atoms with van der Waals surface area (Å²) in [5, 5.41) is 14.8. The summed E-state index contributed by atoms with van der Waals surface area (Å²) in [5.41, 5.74) is 5.23. The molecule has 5 rings (SSSR count). The average Bonchev–Trinajstić information content (AvgIpc) is 3.56. The molecular formula is C27H23IN2O5. The second-order valence-electron chi connectivity index (χ2n) is 8.83. The van der Waals surface area contributed by atoms with E-state index in [9.17, 15) is 19.5 Å². The van der Waals surface area contributed by atoms with Crippen LogP contribution in [0.1, 0.15) is 33.8 Å². The molecule has 0 spiro atoms. The number of fused-ring (bicyclic) bond motifs is 3. The van der Waals surface area contributed by atoms with Gasteiger partial charge in [0.2, 0.25) is 5.91 Å². The molecule has 3 aromatic carbocycles. The molecule has 2 unspecified atom stereocenters. The molecule has 1 fully saturated rings. The Labute approximate surface area is 216 Å². The van der Waals surface area contributed by atoms with Gasteiger partial charge in [0.1, 0.15) is 6.61 Å². The van der Waals surface area contributed by atoms with Crippen LogP contribution in [-0.4, -0.2) is 36.2 Å². The van der Waals surface area contributed by atoms with E-state index in [1.165, 1.54) is 23.3 Å². The van der Waals surface area contributed by atoms with Crippen LogP contribution >= 0.6 is 22.6 Å². The second-order valence-corrected chi connectivity index (χ2v) is 10.1. The van der Waals surface area contributed by atoms with Gasteiger partial charge < -0.3 is 20.5 Å². The zero-order valence-corrected chi connectivity index (χ0v) is 20.8. The number of hydrogen-bond donors (Lipinski definition) is 3. The summed E-state index contributed by atoms with van der Waals surface area (Å²) in [4.78, 5) is 36.2. The number of carboxylic acids is 1. The van der Waals surface area contributed by atoms with E-state index in [1.54, 1.807) is 6.07 Å². The lowest BCUT2D eigenvalue weighted by atomic mass is 9.98. The number of halogens is 1. The SMILES string of the molecule is O=C(NCC1CC1C(=O)Nc1cc(I)cc(C(=O)O)c1)OCC1c2ccccc2-c2ccccc21. The molecular weight excluding hydrogens is 559 g/mol. The molecule has 178 valence electrons. The highest BCUT2D eigenvalue weighted by atomic mass is 127. The van der Waals surface area contributed by atoms with Crippen molar-refractivity contribution in [1.82, 2.24) is 5.32 Å². The number of nitrogens with one attached hydrogen (secondary N) is 2. The number of ether oxygens (including phenoxy) is 1. The quantitative estimate of drug-likeness (QED) is 0.337. The van der Waals surface area contributed by atoms with Gasteiger partial charge in [0.25, 0.3) is 0 Å². The minimum Gasteiger partial charge on any atom is -0.478 e. The molecule has 2 aliphatic rings. The predicted octanol–water partition coefficient (Wildman–Crippen LogP) is 5.10. The molecule has 0 bridgehead atoms. The van der Waals surface area contributed by atoms with Crippen molar-refractivity contribution in [2.24, 2.45) is 11.8 Å². The van der Waals surface area contributed by atoms with Gasteiger partial charge in [-0.1, -0.05) is 48.5 Å². The number of alkyl carbamates (subject to hydrolysis) is 1. The van der Waals surface area contributed by atoms with Gasteiger partial charge in [-0.15, -0.1) is 0 Å². The Balaban J connectivity index is 1.11. The number of carboxylic acid groups (broad SMARTS) is 1. The van der Waals surface area contributed by atoms with E-state index >= 15 is 0 Å². The van der Waals surface area contributed by atoms with Gasteiger partial charge in [0.05, 0.1) is 5.56 Å². The Kier molecular flexibility index (Phi) is 6.46. The van der Waals surface area contributed by atoms with Crippen molar-refractivity contribution in [3.63, 3.8) is 0 Å². The van der Waals surface area contributed by atoms with E-state index in [0.29, 0.717) is 18.7 Å². The number of aromatic carboxylic acids is 1. The number of amides is 2. The predicted molar refractivity (Wildman–Crippen MR) is 139 cm³/mol. The van der Waals surface area contributed by atoms with E-state index < -0.39 is 12.1 Å². The van der Waals surface area contributed by atoms with Crippen molar-refractivity contribution in [2.75, 3.05) is 18.5 Å². The molecule has 8 heteroatoms. The molecule has 3 N–H and O–H groups in total. The topological polar surface area (TPSA) is 105 Å². The zero-order chi connectivity index (χ0) is 24.5. The molecule has 0 aromatic heterocycles. The Hall–Kier alpha value is -3.40. The van der Waals surface area contributed by atoms with Crippen molar-refractivity contribution < 1.29 is 24.2 Å². The fourth-order valence-electron chi connectivity index (χ4n) is 4.68. The Morgan fingerprint density at radius 3 is 2.29 bits per heavy atom. The minimum atomic E-state index is -1.05. The summed E-state index contributed by atoms with van der Waals surface area (Å²) < 4.78 is 6.28. The summed E-state index contributed by atoms with van der Waals surface area (Å²) in [7, 11) is 0. The number of carbonyl (C=O) groups is 3. The monoisotopic (exact) mass is 582 g/mol. The van der Waals surface area contributed by atoms with Crippen LogP contribution in [0.25, 0.3) is 11.1 Å². The summed E-state index contributed by atoms with van der Waals surface area (Å²) >= 11 is 2.01. The minimum absolute atomic E-state index is 0.00281. The van der Waals surface area contributed by atoms with Crippen molar-refractivity contribution in [3.05, 3.63) is 87.0 Å². The Bertz CT molecular complexity index is 1280. The summed E-state index contributed by atoms with van der Waals surface area (Å²) in [6.45, 7) is 0.592. The molecule has 2 aliphatic carbocycles. The van der Waals surface area contributed by atoms with Gasteiger partial charge >= 0.3 is 12.1 Å². The number of carbonyl (C=O) groups excluding carboxylic acids is 2. The molecule has 0 heterocycles. The van der Waals surface area contributed by atoms with Crippen molar-refractivity contribution >= 4 is 46.2 Å². The normalized spacial score (nSPS) is 17.7. The highest BCUT2D eigenvalue weighted by Crippen LogP contribution is 2.44. The zero-order valence-electron chi connectivity index (χ0n) is 18.7. The van der Waals surface area contributed by atoms with Crippen LogP contribution in [-0.2, 0) is 9.53 Å². The first-order valence-electron chi connectivity index (χ1n) is 11.3. The summed E-state index contributed by atoms with van der Waals surface area (Å²) in [6.07, 6.45) is 0.159. The van der Waals surface area contributed by atoms with Gasteiger partial charge in [0, 0.05) is 27.6 Å². The molecule has 3 aromatic rings. The van der Waals surface area contributed by atoms with E-state index in [-0.39, 0.29) is 35.8 Å². The molecule has 2 atom stereocenters. The lowest BCUT2D eigenvalue weighted by Gasteiger charge is -2.14. The molecule has 0 aliphatic heterocycles. The summed E-state index contributed by atoms with van der Waals surface area (Å²) in [5.74, 6) is -1.43. The first-order valence-corrected chi connectivity index (χ1v) is 12.4. The number of anilines is 1. The van der Waals surface area contributed by atoms with Crippen LogP contribution in [0.15, 0.2) is 66.7 Å². The van der Waals surface area contributed by atoms with Crippen LogP contribution in [0.2, 0.25) is 0 Å².